The van der Waals surface area contributed by atoms with E-state index in [1.54, 1.807) is 26.1 Å². The lowest BCUT2D eigenvalue weighted by atomic mass is 10.1. The molecule has 0 aliphatic carbocycles. The van der Waals surface area contributed by atoms with Crippen LogP contribution in [0.5, 0.6) is 0 Å². The summed E-state index contributed by atoms with van der Waals surface area (Å²) in [6.07, 6.45) is 0.810. The van der Waals surface area contributed by atoms with Gasteiger partial charge in [0.1, 0.15) is 0 Å². The first-order valence-electron chi connectivity index (χ1n) is 5.27. The topological polar surface area (TPSA) is 63.4 Å². The molecule has 90 valence electrons. The monoisotopic (exact) mass is 242 g/mol. The molecule has 16 heavy (non-hydrogen) atoms. The maximum Gasteiger partial charge on any atom is 0.234 e. The van der Waals surface area contributed by atoms with Crippen molar-refractivity contribution in [1.82, 2.24) is 0 Å². The molecule has 0 aliphatic heterocycles. The number of nitrogens with zero attached hydrogens (tertiary/aromatic N) is 1. The van der Waals surface area contributed by atoms with Crippen LogP contribution in [0.15, 0.2) is 24.3 Å². The van der Waals surface area contributed by atoms with Gasteiger partial charge in [-0.3, -0.25) is 4.31 Å². The molecule has 0 saturated heterocycles. The van der Waals surface area contributed by atoms with Gasteiger partial charge in [0.05, 0.1) is 11.4 Å². The third-order valence-electron chi connectivity index (χ3n) is 2.52. The van der Waals surface area contributed by atoms with Crippen molar-refractivity contribution < 1.29 is 8.42 Å². The van der Waals surface area contributed by atoms with Crippen molar-refractivity contribution in [3.8, 4) is 0 Å². The average molecular weight is 242 g/mol. The van der Waals surface area contributed by atoms with E-state index in [1.807, 2.05) is 12.1 Å². The molecule has 0 aromatic heterocycles. The predicted molar refractivity (Wildman–Crippen MR) is 67.1 cm³/mol. The predicted octanol–water partition coefficient (Wildman–Crippen LogP) is 0.974. The van der Waals surface area contributed by atoms with E-state index in [9.17, 15) is 8.42 Å². The molecule has 0 amide bonds. The minimum Gasteiger partial charge on any atom is -0.330 e. The van der Waals surface area contributed by atoms with Gasteiger partial charge in [-0.15, -0.1) is 0 Å². The van der Waals surface area contributed by atoms with Crippen molar-refractivity contribution in [2.45, 2.75) is 13.3 Å². The summed E-state index contributed by atoms with van der Waals surface area (Å²) in [5.41, 5.74) is 7.24. The second kappa shape index (κ2) is 5.32. The van der Waals surface area contributed by atoms with Crippen molar-refractivity contribution in [3.05, 3.63) is 29.8 Å². The van der Waals surface area contributed by atoms with Crippen molar-refractivity contribution in [1.29, 1.82) is 0 Å². The summed E-state index contributed by atoms with van der Waals surface area (Å²) in [6, 6.07) is 7.42. The van der Waals surface area contributed by atoms with Gasteiger partial charge in [-0.1, -0.05) is 12.1 Å². The van der Waals surface area contributed by atoms with Crippen LogP contribution in [0.2, 0.25) is 0 Å². The first-order chi connectivity index (χ1) is 7.51. The molecule has 1 aromatic carbocycles. The maximum absolute atomic E-state index is 11.6. The molecule has 1 aromatic rings. The van der Waals surface area contributed by atoms with Gasteiger partial charge in [0.15, 0.2) is 0 Å². The number of rotatable bonds is 5. The molecule has 0 spiro atoms. The van der Waals surface area contributed by atoms with Crippen LogP contribution in [0.3, 0.4) is 0 Å². The van der Waals surface area contributed by atoms with Gasteiger partial charge in [0, 0.05) is 7.05 Å². The Labute approximate surface area is 97.1 Å². The van der Waals surface area contributed by atoms with E-state index in [1.165, 1.54) is 4.31 Å². The molecule has 2 N–H and O–H groups in total. The summed E-state index contributed by atoms with van der Waals surface area (Å²) < 4.78 is 24.5. The highest BCUT2D eigenvalue weighted by molar-refractivity contribution is 7.92. The Morgan fingerprint density at radius 2 is 1.81 bits per heavy atom. The highest BCUT2D eigenvalue weighted by Gasteiger charge is 2.15. The second-order valence-electron chi connectivity index (χ2n) is 3.57. The van der Waals surface area contributed by atoms with E-state index in [-0.39, 0.29) is 5.75 Å². The van der Waals surface area contributed by atoms with Crippen LogP contribution < -0.4 is 10.0 Å². The van der Waals surface area contributed by atoms with E-state index >= 15 is 0 Å². The van der Waals surface area contributed by atoms with Crippen molar-refractivity contribution >= 4 is 15.7 Å². The SMILES string of the molecule is CCS(=O)(=O)N(C)c1ccc(CCN)cc1. The first kappa shape index (κ1) is 13.0. The zero-order valence-electron chi connectivity index (χ0n) is 9.68. The summed E-state index contributed by atoms with van der Waals surface area (Å²) in [5, 5.41) is 0. The third-order valence-corrected chi connectivity index (χ3v) is 4.29. The maximum atomic E-state index is 11.6. The van der Waals surface area contributed by atoms with Gasteiger partial charge in [-0.25, -0.2) is 8.42 Å². The second-order valence-corrected chi connectivity index (χ2v) is 5.86. The lowest BCUT2D eigenvalue weighted by Crippen LogP contribution is -2.27. The van der Waals surface area contributed by atoms with E-state index in [4.69, 9.17) is 5.73 Å². The number of hydrogen-bond acceptors (Lipinski definition) is 3. The van der Waals surface area contributed by atoms with E-state index in [0.29, 0.717) is 12.2 Å². The molecule has 0 radical (unpaired) electrons. The summed E-state index contributed by atoms with van der Waals surface area (Å²) in [6.45, 7) is 2.23. The summed E-state index contributed by atoms with van der Waals surface area (Å²) >= 11 is 0. The van der Waals surface area contributed by atoms with Gasteiger partial charge in [0.25, 0.3) is 0 Å². The molecule has 5 heteroatoms. The number of benzene rings is 1. The summed E-state index contributed by atoms with van der Waals surface area (Å²) in [5.74, 6) is 0.105. The molecule has 0 atom stereocenters. The molecule has 0 saturated carbocycles. The smallest absolute Gasteiger partial charge is 0.234 e. The highest BCUT2D eigenvalue weighted by atomic mass is 32.2. The fourth-order valence-electron chi connectivity index (χ4n) is 1.39. The van der Waals surface area contributed by atoms with E-state index in [2.05, 4.69) is 0 Å². The Morgan fingerprint density at radius 3 is 2.25 bits per heavy atom. The molecule has 0 aliphatic rings. The largest absolute Gasteiger partial charge is 0.330 e. The van der Waals surface area contributed by atoms with Gasteiger partial charge in [0.2, 0.25) is 10.0 Å². The molecule has 0 bridgehead atoms. The highest BCUT2D eigenvalue weighted by Crippen LogP contribution is 2.17. The summed E-state index contributed by atoms with van der Waals surface area (Å²) in [4.78, 5) is 0. The number of sulfonamides is 1. The van der Waals surface area contributed by atoms with Crippen LogP contribution >= 0.6 is 0 Å². The minimum atomic E-state index is -3.17. The molecule has 0 heterocycles. The van der Waals surface area contributed by atoms with Crippen LogP contribution in [0, 0.1) is 0 Å². The van der Waals surface area contributed by atoms with Crippen molar-refractivity contribution in [2.75, 3.05) is 23.7 Å². The van der Waals surface area contributed by atoms with Crippen LogP contribution in [-0.4, -0.2) is 27.8 Å². The Balaban J connectivity index is 2.90. The Hall–Kier alpha value is -1.07. The first-order valence-corrected chi connectivity index (χ1v) is 6.87. The average Bonchev–Trinajstić information content (AvgIpc) is 2.29. The quantitative estimate of drug-likeness (QED) is 0.837. The Morgan fingerprint density at radius 1 is 1.25 bits per heavy atom. The van der Waals surface area contributed by atoms with Gasteiger partial charge in [-0.2, -0.15) is 0 Å². The van der Waals surface area contributed by atoms with Crippen LogP contribution in [-0.2, 0) is 16.4 Å². The van der Waals surface area contributed by atoms with Gasteiger partial charge in [-0.05, 0) is 37.6 Å². The zero-order chi connectivity index (χ0) is 12.2. The molecule has 0 fully saturated rings. The van der Waals surface area contributed by atoms with Crippen molar-refractivity contribution in [3.63, 3.8) is 0 Å². The van der Waals surface area contributed by atoms with Crippen molar-refractivity contribution in [2.24, 2.45) is 5.73 Å². The molecule has 4 nitrogen and oxygen atoms in total. The third kappa shape index (κ3) is 2.96. The standard InChI is InChI=1S/C11H18N2O2S/c1-3-16(14,15)13(2)11-6-4-10(5-7-11)8-9-12/h4-7H,3,8-9,12H2,1-2H3. The zero-order valence-corrected chi connectivity index (χ0v) is 10.5. The Kier molecular flexibility index (Phi) is 4.32. The number of hydrogen-bond donors (Lipinski definition) is 1. The molecular formula is C11H18N2O2S. The van der Waals surface area contributed by atoms with Gasteiger partial charge >= 0.3 is 0 Å². The lowest BCUT2D eigenvalue weighted by molar-refractivity contribution is 0.595. The lowest BCUT2D eigenvalue weighted by Gasteiger charge is -2.18. The summed E-state index contributed by atoms with van der Waals surface area (Å²) in [7, 11) is -1.60. The van der Waals surface area contributed by atoms with Crippen LogP contribution in [0.25, 0.3) is 0 Å². The van der Waals surface area contributed by atoms with Gasteiger partial charge < -0.3 is 5.73 Å². The van der Waals surface area contributed by atoms with E-state index < -0.39 is 10.0 Å². The molecule has 1 rings (SSSR count). The number of anilines is 1. The number of nitrogens with two attached hydrogens (primary N) is 1. The normalized spacial score (nSPS) is 11.4. The minimum absolute atomic E-state index is 0.105. The fraction of sp³-hybridized carbons (Fsp3) is 0.455. The fourth-order valence-corrected chi connectivity index (χ4v) is 2.22. The van der Waals surface area contributed by atoms with Crippen LogP contribution in [0.1, 0.15) is 12.5 Å². The van der Waals surface area contributed by atoms with Crippen LogP contribution in [0.4, 0.5) is 5.69 Å². The van der Waals surface area contributed by atoms with E-state index in [0.717, 1.165) is 12.0 Å². The molecular weight excluding hydrogens is 224 g/mol. The Bertz CT molecular complexity index is 426. The molecule has 0 unspecified atom stereocenters.